The average molecular weight is 457 g/mol. The minimum Gasteiger partial charge on any atom is -0.326 e. The van der Waals surface area contributed by atoms with Crippen LogP contribution in [-0.4, -0.2) is 33.4 Å². The summed E-state index contributed by atoms with van der Waals surface area (Å²) in [6, 6.07) is 20.6. The third-order valence-electron chi connectivity index (χ3n) is 6.81. The van der Waals surface area contributed by atoms with E-state index in [1.807, 2.05) is 42.5 Å². The predicted octanol–water partition coefficient (Wildman–Crippen LogP) is 5.63. The number of imidazole rings is 1. The number of aromatic nitrogens is 2. The Labute approximate surface area is 199 Å². The maximum absolute atomic E-state index is 13.5. The predicted molar refractivity (Wildman–Crippen MR) is 134 cm³/mol. The van der Waals surface area contributed by atoms with Gasteiger partial charge in [0.25, 0.3) is 0 Å². The summed E-state index contributed by atoms with van der Waals surface area (Å²) in [6.07, 6.45) is 1.63. The van der Waals surface area contributed by atoms with E-state index in [9.17, 15) is 9.18 Å². The molecular formula is C28H29FN4O. The topological polar surface area (TPSA) is 50.2 Å². The molecule has 0 bridgehead atoms. The number of carbonyl (C=O) groups excluding carboxylic acids is 1. The summed E-state index contributed by atoms with van der Waals surface area (Å²) in [5.41, 5.74) is 6.09. The highest BCUT2D eigenvalue weighted by atomic mass is 19.1. The first-order valence-electron chi connectivity index (χ1n) is 11.8. The number of hydrogen-bond donors (Lipinski definition) is 1. The van der Waals surface area contributed by atoms with Gasteiger partial charge in [-0.2, -0.15) is 0 Å². The zero-order valence-corrected chi connectivity index (χ0v) is 19.6. The Balaban J connectivity index is 1.28. The summed E-state index contributed by atoms with van der Waals surface area (Å²) in [6.45, 7) is 6.47. The van der Waals surface area contributed by atoms with E-state index >= 15 is 0 Å². The molecule has 1 aliphatic heterocycles. The molecule has 2 heterocycles. The molecule has 0 atom stereocenters. The number of fused-ring (bicyclic) bond motifs is 1. The Morgan fingerprint density at radius 2 is 1.74 bits per heavy atom. The Hall–Kier alpha value is -3.51. The molecular weight excluding hydrogens is 427 g/mol. The fourth-order valence-corrected chi connectivity index (χ4v) is 4.68. The number of rotatable bonds is 5. The monoisotopic (exact) mass is 456 g/mol. The molecule has 5 nitrogen and oxygen atoms in total. The molecule has 3 aromatic carbocycles. The van der Waals surface area contributed by atoms with E-state index < -0.39 is 0 Å². The van der Waals surface area contributed by atoms with Crippen LogP contribution >= 0.6 is 0 Å². The van der Waals surface area contributed by atoms with Crippen LogP contribution in [0.5, 0.6) is 0 Å². The highest BCUT2D eigenvalue weighted by Gasteiger charge is 2.26. The van der Waals surface area contributed by atoms with E-state index in [4.69, 9.17) is 4.98 Å². The van der Waals surface area contributed by atoms with E-state index in [-0.39, 0.29) is 17.6 Å². The number of aryl methyl sites for hydroxylation is 2. The number of carbonyl (C=O) groups is 1. The fraction of sp³-hybridized carbons (Fsp3) is 0.286. The van der Waals surface area contributed by atoms with Gasteiger partial charge in [0.15, 0.2) is 0 Å². The molecule has 0 saturated carbocycles. The molecule has 1 fully saturated rings. The maximum atomic E-state index is 13.5. The fourth-order valence-electron chi connectivity index (χ4n) is 4.68. The van der Waals surface area contributed by atoms with Crippen molar-refractivity contribution in [2.75, 3.05) is 18.4 Å². The number of anilines is 1. The van der Waals surface area contributed by atoms with Crippen LogP contribution in [0.25, 0.3) is 16.7 Å². The number of halogens is 1. The van der Waals surface area contributed by atoms with Gasteiger partial charge >= 0.3 is 0 Å². The van der Waals surface area contributed by atoms with Crippen LogP contribution in [0.1, 0.15) is 29.8 Å². The molecule has 0 unspecified atom stereocenters. The minimum atomic E-state index is -0.254. The second-order valence-corrected chi connectivity index (χ2v) is 9.17. The van der Waals surface area contributed by atoms with Gasteiger partial charge in [-0.15, -0.1) is 0 Å². The number of benzene rings is 3. The Kier molecular flexibility index (Phi) is 6.16. The molecule has 174 valence electrons. The van der Waals surface area contributed by atoms with Gasteiger partial charge < -0.3 is 5.32 Å². The zero-order valence-electron chi connectivity index (χ0n) is 19.6. The minimum absolute atomic E-state index is 0.00812. The van der Waals surface area contributed by atoms with Gasteiger partial charge in [0.2, 0.25) is 5.91 Å². The molecule has 4 aromatic rings. The number of hydrogen-bond acceptors (Lipinski definition) is 3. The third-order valence-corrected chi connectivity index (χ3v) is 6.81. The van der Waals surface area contributed by atoms with E-state index in [1.54, 1.807) is 12.1 Å². The van der Waals surface area contributed by atoms with Gasteiger partial charge in [0.1, 0.15) is 11.6 Å². The average Bonchev–Trinajstić information content (AvgIpc) is 3.20. The normalized spacial score (nSPS) is 15.0. The second kappa shape index (κ2) is 9.39. The molecule has 1 aliphatic rings. The summed E-state index contributed by atoms with van der Waals surface area (Å²) in [5, 5.41) is 3.09. The van der Waals surface area contributed by atoms with Gasteiger partial charge in [-0.25, -0.2) is 9.37 Å². The lowest BCUT2D eigenvalue weighted by Gasteiger charge is -2.31. The number of amides is 1. The lowest BCUT2D eigenvalue weighted by atomic mass is 9.95. The molecule has 0 radical (unpaired) electrons. The van der Waals surface area contributed by atoms with E-state index in [0.717, 1.165) is 54.2 Å². The van der Waals surface area contributed by atoms with Crippen LogP contribution in [0.15, 0.2) is 66.7 Å². The highest BCUT2D eigenvalue weighted by molar-refractivity contribution is 5.92. The quantitative estimate of drug-likeness (QED) is 0.423. The van der Waals surface area contributed by atoms with Crippen molar-refractivity contribution >= 4 is 22.6 Å². The van der Waals surface area contributed by atoms with Gasteiger partial charge in [0.05, 0.1) is 17.6 Å². The molecule has 6 heteroatoms. The van der Waals surface area contributed by atoms with E-state index in [2.05, 4.69) is 28.6 Å². The first-order valence-corrected chi connectivity index (χ1v) is 11.8. The largest absolute Gasteiger partial charge is 0.326 e. The van der Waals surface area contributed by atoms with Crippen LogP contribution in [0.4, 0.5) is 10.1 Å². The standard InChI is InChI=1S/C28H29FN4O/c1-19-7-10-23(17-20(19)2)30-28(34)21-13-15-32(16-14-21)18-27-31-25-5-3-4-6-26(25)33(27)24-11-8-22(29)9-12-24/h3-12,17,21H,13-16,18H2,1-2H3,(H,30,34). The summed E-state index contributed by atoms with van der Waals surface area (Å²) >= 11 is 0. The number of para-hydroxylation sites is 2. The van der Waals surface area contributed by atoms with Gasteiger partial charge in [0, 0.05) is 17.3 Å². The summed E-state index contributed by atoms with van der Waals surface area (Å²) in [5.74, 6) is 0.775. The number of piperidine rings is 1. The van der Waals surface area contributed by atoms with Crippen molar-refractivity contribution in [3.05, 3.63) is 89.5 Å². The Morgan fingerprint density at radius 3 is 2.47 bits per heavy atom. The first-order chi connectivity index (χ1) is 16.5. The van der Waals surface area contributed by atoms with E-state index in [1.165, 1.54) is 23.3 Å². The van der Waals surface area contributed by atoms with E-state index in [0.29, 0.717) is 6.54 Å². The lowest BCUT2D eigenvalue weighted by Crippen LogP contribution is -2.38. The van der Waals surface area contributed by atoms with Crippen molar-refractivity contribution < 1.29 is 9.18 Å². The number of nitrogens with one attached hydrogen (secondary N) is 1. The highest BCUT2D eigenvalue weighted by Crippen LogP contribution is 2.26. The van der Waals surface area contributed by atoms with Crippen molar-refractivity contribution in [2.24, 2.45) is 5.92 Å². The molecule has 1 aromatic heterocycles. The zero-order chi connectivity index (χ0) is 23.7. The Bertz CT molecular complexity index is 1320. The van der Waals surface area contributed by atoms with Crippen molar-refractivity contribution in [1.82, 2.24) is 14.5 Å². The molecule has 5 rings (SSSR count). The molecule has 0 spiro atoms. The molecule has 1 saturated heterocycles. The van der Waals surface area contributed by atoms with Crippen molar-refractivity contribution in [3.63, 3.8) is 0 Å². The van der Waals surface area contributed by atoms with Gasteiger partial charge in [-0.1, -0.05) is 18.2 Å². The summed E-state index contributed by atoms with van der Waals surface area (Å²) < 4.78 is 15.6. The molecule has 34 heavy (non-hydrogen) atoms. The van der Waals surface area contributed by atoms with Crippen molar-refractivity contribution in [3.8, 4) is 5.69 Å². The number of nitrogens with zero attached hydrogens (tertiary/aromatic N) is 3. The lowest BCUT2D eigenvalue weighted by molar-refractivity contribution is -0.121. The molecule has 1 N–H and O–H groups in total. The van der Waals surface area contributed by atoms with Crippen molar-refractivity contribution in [1.29, 1.82) is 0 Å². The van der Waals surface area contributed by atoms with Crippen LogP contribution in [0.3, 0.4) is 0 Å². The van der Waals surface area contributed by atoms with Crippen LogP contribution in [-0.2, 0) is 11.3 Å². The van der Waals surface area contributed by atoms with Crippen LogP contribution in [0.2, 0.25) is 0 Å². The smallest absolute Gasteiger partial charge is 0.227 e. The molecule has 0 aliphatic carbocycles. The van der Waals surface area contributed by atoms with Crippen LogP contribution in [0, 0.1) is 25.6 Å². The van der Waals surface area contributed by atoms with Gasteiger partial charge in [-0.3, -0.25) is 14.3 Å². The Morgan fingerprint density at radius 1 is 1.00 bits per heavy atom. The maximum Gasteiger partial charge on any atom is 0.227 e. The number of likely N-dealkylation sites (tertiary alicyclic amines) is 1. The summed E-state index contributed by atoms with van der Waals surface area (Å²) in [7, 11) is 0. The SMILES string of the molecule is Cc1ccc(NC(=O)C2CCN(Cc3nc4ccccc4n3-c3ccc(F)cc3)CC2)cc1C. The molecule has 1 amide bonds. The van der Waals surface area contributed by atoms with Gasteiger partial charge in [-0.05, 0) is 99.4 Å². The third kappa shape index (κ3) is 4.59. The second-order valence-electron chi connectivity index (χ2n) is 9.17. The van der Waals surface area contributed by atoms with Crippen LogP contribution < -0.4 is 5.32 Å². The van der Waals surface area contributed by atoms with Crippen molar-refractivity contribution in [2.45, 2.75) is 33.2 Å². The first kappa shape index (κ1) is 22.3. The summed E-state index contributed by atoms with van der Waals surface area (Å²) in [4.78, 5) is 20.1.